The Labute approximate surface area is 361 Å². The fourth-order valence-corrected chi connectivity index (χ4v) is 6.85. The molecule has 1 unspecified atom stereocenters. The number of ether oxygens (including phenoxy) is 2. The standard InChI is InChI=1S/C49H86NO8P/c1-3-5-7-9-11-13-15-17-19-21-23-25-27-29-31-33-35-37-39-41-48(51)55-45-47(46-57-59(53,54)56-44-43-50)58-49(52)42-40-38-36-34-32-30-28-26-24-22-20-18-16-14-12-10-8-6-4-2/h12,14,17-20,24,26,30,32,36,38,47H,3-11,13,15-16,21-23,25,27-29,31,33-35,37,39-46,50H2,1-2H3,(H,53,54)/b14-12+,19-17+,20-18+,26-24+,32-30+,38-36+/t47-/m1/s1. The van der Waals surface area contributed by atoms with Crippen LogP contribution in [-0.4, -0.2) is 49.3 Å². The van der Waals surface area contributed by atoms with E-state index in [1.165, 1.54) is 109 Å². The second kappa shape index (κ2) is 45.0. The lowest BCUT2D eigenvalue weighted by Gasteiger charge is -2.19. The molecule has 0 aromatic heterocycles. The van der Waals surface area contributed by atoms with Gasteiger partial charge in [-0.3, -0.25) is 18.6 Å². The van der Waals surface area contributed by atoms with E-state index in [1.54, 1.807) is 0 Å². The van der Waals surface area contributed by atoms with Crippen molar-refractivity contribution in [2.45, 2.75) is 200 Å². The van der Waals surface area contributed by atoms with E-state index in [4.69, 9.17) is 24.3 Å². The summed E-state index contributed by atoms with van der Waals surface area (Å²) in [5.74, 6) is -0.929. The fraction of sp³-hybridized carbons (Fsp3) is 0.714. The number of hydrogen-bond acceptors (Lipinski definition) is 8. The number of carbonyl (C=O) groups is 2. The minimum atomic E-state index is -4.40. The molecule has 340 valence electrons. The molecule has 0 amide bonds. The van der Waals surface area contributed by atoms with Crippen molar-refractivity contribution in [1.29, 1.82) is 0 Å². The van der Waals surface area contributed by atoms with Crippen molar-refractivity contribution in [3.63, 3.8) is 0 Å². The number of nitrogens with two attached hydrogens (primary N) is 1. The second-order valence-corrected chi connectivity index (χ2v) is 16.7. The summed E-state index contributed by atoms with van der Waals surface area (Å²) in [7, 11) is -4.40. The molecule has 10 heteroatoms. The van der Waals surface area contributed by atoms with Crippen LogP contribution in [0.3, 0.4) is 0 Å². The minimum absolute atomic E-state index is 0.0390. The van der Waals surface area contributed by atoms with E-state index in [9.17, 15) is 19.0 Å². The highest BCUT2D eigenvalue weighted by Gasteiger charge is 2.25. The molecule has 0 rings (SSSR count). The Morgan fingerprint density at radius 1 is 0.508 bits per heavy atom. The summed E-state index contributed by atoms with van der Waals surface area (Å²) < 4.78 is 32.7. The quantitative estimate of drug-likeness (QED) is 0.0266. The number of carbonyl (C=O) groups excluding carboxylic acids is 2. The van der Waals surface area contributed by atoms with Crippen LogP contribution in [0.4, 0.5) is 0 Å². The summed E-state index contributed by atoms with van der Waals surface area (Å²) in [5.41, 5.74) is 5.35. The SMILES string of the molecule is CCCCC/C=C/C/C=C/C/C=C/C/C=C/C/C=C/CCC(=O)O[C@H](COC(=O)CCCCCCCCCCC/C=C/CCCCCCCC)COP(=O)(O)OCCN. The molecule has 0 fully saturated rings. The first-order chi connectivity index (χ1) is 28.8. The van der Waals surface area contributed by atoms with Gasteiger partial charge in [0, 0.05) is 19.4 Å². The number of hydrogen-bond donors (Lipinski definition) is 2. The van der Waals surface area contributed by atoms with Crippen LogP contribution in [0.5, 0.6) is 0 Å². The Kier molecular flexibility index (Phi) is 43.0. The van der Waals surface area contributed by atoms with Gasteiger partial charge in [0.2, 0.25) is 0 Å². The van der Waals surface area contributed by atoms with Gasteiger partial charge in [0.15, 0.2) is 6.10 Å². The first-order valence-corrected chi connectivity index (χ1v) is 24.9. The smallest absolute Gasteiger partial charge is 0.462 e. The third-order valence-electron chi connectivity index (χ3n) is 9.58. The van der Waals surface area contributed by atoms with E-state index in [0.29, 0.717) is 6.42 Å². The Morgan fingerprint density at radius 3 is 1.42 bits per heavy atom. The summed E-state index contributed by atoms with van der Waals surface area (Å²) in [5, 5.41) is 0. The monoisotopic (exact) mass is 848 g/mol. The van der Waals surface area contributed by atoms with E-state index >= 15 is 0 Å². The normalized spacial score (nSPS) is 13.9. The zero-order valence-electron chi connectivity index (χ0n) is 37.5. The Balaban J connectivity index is 4.23. The predicted molar refractivity (Wildman–Crippen MR) is 247 cm³/mol. The summed E-state index contributed by atoms with van der Waals surface area (Å²) in [6.45, 7) is 3.61. The second-order valence-electron chi connectivity index (χ2n) is 15.3. The highest BCUT2D eigenvalue weighted by molar-refractivity contribution is 7.47. The van der Waals surface area contributed by atoms with Crippen LogP contribution >= 0.6 is 7.82 Å². The van der Waals surface area contributed by atoms with Crippen LogP contribution in [0.15, 0.2) is 72.9 Å². The van der Waals surface area contributed by atoms with Crippen molar-refractivity contribution in [2.24, 2.45) is 5.73 Å². The fourth-order valence-electron chi connectivity index (χ4n) is 6.08. The molecule has 2 atom stereocenters. The molecule has 0 aliphatic heterocycles. The number of rotatable bonds is 43. The van der Waals surface area contributed by atoms with Crippen molar-refractivity contribution < 1.29 is 37.6 Å². The van der Waals surface area contributed by atoms with Gasteiger partial charge in [-0.15, -0.1) is 0 Å². The maximum absolute atomic E-state index is 12.6. The molecule has 0 aliphatic rings. The highest BCUT2D eigenvalue weighted by atomic mass is 31.2. The van der Waals surface area contributed by atoms with E-state index in [-0.39, 0.29) is 32.6 Å². The van der Waals surface area contributed by atoms with Crippen molar-refractivity contribution >= 4 is 19.8 Å². The predicted octanol–water partition coefficient (Wildman–Crippen LogP) is 13.8. The van der Waals surface area contributed by atoms with Crippen LogP contribution in [0.25, 0.3) is 0 Å². The molecule has 0 heterocycles. The number of phosphoric acid groups is 1. The molecule has 0 radical (unpaired) electrons. The number of unbranched alkanes of at least 4 members (excludes halogenated alkanes) is 18. The molecule has 9 nitrogen and oxygen atoms in total. The Hall–Kier alpha value is -2.55. The zero-order chi connectivity index (χ0) is 43.2. The third-order valence-corrected chi connectivity index (χ3v) is 10.6. The molecule has 0 aromatic carbocycles. The van der Waals surface area contributed by atoms with E-state index in [2.05, 4.69) is 74.6 Å². The molecule has 0 aliphatic carbocycles. The largest absolute Gasteiger partial charge is 0.472 e. The zero-order valence-corrected chi connectivity index (χ0v) is 38.4. The van der Waals surface area contributed by atoms with Crippen molar-refractivity contribution in [3.05, 3.63) is 72.9 Å². The Morgan fingerprint density at radius 2 is 0.915 bits per heavy atom. The van der Waals surface area contributed by atoms with Crippen LogP contribution in [0.1, 0.15) is 194 Å². The highest BCUT2D eigenvalue weighted by Crippen LogP contribution is 2.43. The maximum Gasteiger partial charge on any atom is 0.472 e. The van der Waals surface area contributed by atoms with Gasteiger partial charge >= 0.3 is 19.8 Å². The third kappa shape index (κ3) is 44.8. The van der Waals surface area contributed by atoms with Crippen LogP contribution < -0.4 is 5.73 Å². The number of phosphoric ester groups is 1. The van der Waals surface area contributed by atoms with Gasteiger partial charge in [0.05, 0.1) is 13.2 Å². The topological polar surface area (TPSA) is 134 Å². The van der Waals surface area contributed by atoms with Gasteiger partial charge in [-0.2, -0.15) is 0 Å². The van der Waals surface area contributed by atoms with Crippen LogP contribution in [0, 0.1) is 0 Å². The van der Waals surface area contributed by atoms with E-state index < -0.39 is 32.5 Å². The minimum Gasteiger partial charge on any atom is -0.462 e. The summed E-state index contributed by atoms with van der Waals surface area (Å²) >= 11 is 0. The molecular weight excluding hydrogens is 762 g/mol. The molecule has 0 spiro atoms. The van der Waals surface area contributed by atoms with Gasteiger partial charge in [0.25, 0.3) is 0 Å². The molecule has 0 saturated heterocycles. The van der Waals surface area contributed by atoms with Gasteiger partial charge < -0.3 is 20.1 Å². The van der Waals surface area contributed by atoms with Crippen molar-refractivity contribution in [1.82, 2.24) is 0 Å². The average Bonchev–Trinajstić information content (AvgIpc) is 3.22. The van der Waals surface area contributed by atoms with E-state index in [0.717, 1.165) is 51.4 Å². The van der Waals surface area contributed by atoms with Crippen molar-refractivity contribution in [2.75, 3.05) is 26.4 Å². The maximum atomic E-state index is 12.6. The summed E-state index contributed by atoms with van der Waals surface area (Å²) in [4.78, 5) is 34.9. The first kappa shape index (κ1) is 56.5. The van der Waals surface area contributed by atoms with Gasteiger partial charge in [-0.1, -0.05) is 177 Å². The Bertz CT molecular complexity index is 1190. The van der Waals surface area contributed by atoms with Gasteiger partial charge in [-0.25, -0.2) is 4.57 Å². The summed E-state index contributed by atoms with van der Waals surface area (Å²) in [6.07, 6.45) is 55.2. The van der Waals surface area contributed by atoms with Crippen LogP contribution in [0.2, 0.25) is 0 Å². The van der Waals surface area contributed by atoms with Crippen molar-refractivity contribution in [3.8, 4) is 0 Å². The average molecular weight is 848 g/mol. The summed E-state index contributed by atoms with van der Waals surface area (Å²) in [6, 6.07) is 0. The molecule has 0 aromatic rings. The number of esters is 2. The van der Waals surface area contributed by atoms with Gasteiger partial charge in [-0.05, 0) is 77.0 Å². The lowest BCUT2D eigenvalue weighted by molar-refractivity contribution is -0.161. The van der Waals surface area contributed by atoms with Gasteiger partial charge in [0.1, 0.15) is 6.61 Å². The lowest BCUT2D eigenvalue weighted by Crippen LogP contribution is -2.29. The van der Waals surface area contributed by atoms with Crippen LogP contribution in [-0.2, 0) is 32.7 Å². The van der Waals surface area contributed by atoms with E-state index in [1.807, 2.05) is 12.2 Å². The molecular formula is C49H86NO8P. The molecule has 0 bridgehead atoms. The first-order valence-electron chi connectivity index (χ1n) is 23.4. The molecule has 3 N–H and O–H groups in total. The lowest BCUT2D eigenvalue weighted by atomic mass is 10.1. The molecule has 59 heavy (non-hydrogen) atoms. The molecule has 0 saturated carbocycles. The number of allylic oxidation sites excluding steroid dienone is 12.